The monoisotopic (exact) mass is 696 g/mol. The minimum atomic E-state index is -1.000. The van der Waals surface area contributed by atoms with Crippen LogP contribution in [0.2, 0.25) is 0 Å². The molecule has 0 aliphatic heterocycles. The van der Waals surface area contributed by atoms with E-state index in [1.165, 1.54) is 38.5 Å². The SMILES string of the molecule is CCOC(=O)C1CCc2c(c(C(=O)O)nn2C2CCCCC2)C1.CCOC(=O)C1CCc2c(c(C(=O)OC(C)(C)C)nn2C2CCCCC2)C1. The molecule has 0 bridgehead atoms. The van der Waals surface area contributed by atoms with Crippen LogP contribution >= 0.6 is 0 Å². The summed E-state index contributed by atoms with van der Waals surface area (Å²) in [6.07, 6.45) is 15.5. The van der Waals surface area contributed by atoms with Crippen molar-refractivity contribution in [3.8, 4) is 0 Å². The van der Waals surface area contributed by atoms with E-state index in [1.807, 2.05) is 32.4 Å². The first-order valence-corrected chi connectivity index (χ1v) is 18.9. The van der Waals surface area contributed by atoms with Crippen molar-refractivity contribution in [3.63, 3.8) is 0 Å². The predicted molar refractivity (Wildman–Crippen MR) is 185 cm³/mol. The van der Waals surface area contributed by atoms with E-state index in [4.69, 9.17) is 19.3 Å². The summed E-state index contributed by atoms with van der Waals surface area (Å²) >= 11 is 0. The van der Waals surface area contributed by atoms with E-state index in [-0.39, 0.29) is 29.5 Å². The fraction of sp³-hybridized carbons (Fsp3) is 0.737. The van der Waals surface area contributed by atoms with Crippen molar-refractivity contribution in [1.82, 2.24) is 19.6 Å². The van der Waals surface area contributed by atoms with Crippen LogP contribution in [0.4, 0.5) is 0 Å². The number of rotatable bonds is 8. The predicted octanol–water partition coefficient (Wildman–Crippen LogP) is 6.77. The van der Waals surface area contributed by atoms with Gasteiger partial charge in [0.2, 0.25) is 0 Å². The van der Waals surface area contributed by atoms with Crippen molar-refractivity contribution in [2.45, 2.75) is 155 Å². The summed E-state index contributed by atoms with van der Waals surface area (Å²) in [6.45, 7) is 9.91. The first kappa shape index (κ1) is 37.6. The molecule has 0 radical (unpaired) electrons. The van der Waals surface area contributed by atoms with E-state index < -0.39 is 17.5 Å². The van der Waals surface area contributed by atoms with Gasteiger partial charge in [-0.3, -0.25) is 19.0 Å². The Morgan fingerprint density at radius 3 is 1.50 bits per heavy atom. The lowest BCUT2D eigenvalue weighted by Crippen LogP contribution is -2.28. The van der Waals surface area contributed by atoms with Gasteiger partial charge in [-0.25, -0.2) is 9.59 Å². The van der Waals surface area contributed by atoms with Crippen LogP contribution in [0.3, 0.4) is 0 Å². The maximum absolute atomic E-state index is 12.8. The van der Waals surface area contributed by atoms with E-state index in [0.29, 0.717) is 56.7 Å². The number of ether oxygens (including phenoxy) is 3. The topological polar surface area (TPSA) is 152 Å². The van der Waals surface area contributed by atoms with Crippen molar-refractivity contribution < 1.29 is 38.5 Å². The molecule has 0 saturated heterocycles. The number of carboxylic acid groups (broad SMARTS) is 1. The number of nitrogens with zero attached hydrogens (tertiary/aromatic N) is 4. The number of carbonyl (C=O) groups excluding carboxylic acids is 3. The third kappa shape index (κ3) is 8.77. The molecule has 2 atom stereocenters. The van der Waals surface area contributed by atoms with Crippen molar-refractivity contribution in [2.75, 3.05) is 13.2 Å². The molecule has 2 unspecified atom stereocenters. The smallest absolute Gasteiger partial charge is 0.359 e. The Hall–Kier alpha value is -3.70. The van der Waals surface area contributed by atoms with Crippen LogP contribution in [0.25, 0.3) is 0 Å². The van der Waals surface area contributed by atoms with E-state index >= 15 is 0 Å². The third-order valence-corrected chi connectivity index (χ3v) is 10.5. The number of esters is 3. The first-order chi connectivity index (χ1) is 23.9. The van der Waals surface area contributed by atoms with Crippen LogP contribution in [-0.4, -0.2) is 67.4 Å². The van der Waals surface area contributed by atoms with E-state index in [2.05, 4.69) is 9.78 Å². The highest BCUT2D eigenvalue weighted by atomic mass is 16.6. The van der Waals surface area contributed by atoms with Crippen LogP contribution in [0.15, 0.2) is 0 Å². The molecular formula is C38H56N4O8. The fourth-order valence-corrected chi connectivity index (χ4v) is 8.13. The molecule has 12 heteroatoms. The van der Waals surface area contributed by atoms with Gasteiger partial charge < -0.3 is 19.3 Å². The van der Waals surface area contributed by atoms with Crippen LogP contribution in [-0.2, 0) is 49.5 Å². The minimum Gasteiger partial charge on any atom is -0.476 e. The second-order valence-electron chi connectivity index (χ2n) is 15.2. The summed E-state index contributed by atoms with van der Waals surface area (Å²) in [5.74, 6) is -2.24. The van der Waals surface area contributed by atoms with Gasteiger partial charge in [0.15, 0.2) is 11.4 Å². The highest BCUT2D eigenvalue weighted by Gasteiger charge is 2.37. The standard InChI is InChI=1S/C21H32N2O4.C17H24N2O4/c1-5-26-19(24)14-11-12-17-16(13-14)18(20(25)27-21(2,3)4)22-23(17)15-9-7-6-8-10-15;1-2-23-17(22)11-8-9-14-13(10-11)15(16(20)21)18-19(14)12-6-4-3-5-7-12/h14-15H,5-13H2,1-4H3;11-12H,2-10H2,1H3,(H,20,21). The average Bonchev–Trinajstić information content (AvgIpc) is 3.68. The number of fused-ring (bicyclic) bond motifs is 2. The zero-order valence-electron chi connectivity index (χ0n) is 30.6. The van der Waals surface area contributed by atoms with Gasteiger partial charge in [0.1, 0.15) is 5.60 Å². The molecule has 12 nitrogen and oxygen atoms in total. The van der Waals surface area contributed by atoms with Crippen molar-refractivity contribution in [3.05, 3.63) is 33.9 Å². The summed E-state index contributed by atoms with van der Waals surface area (Å²) in [5, 5.41) is 18.6. The molecule has 2 fully saturated rings. The van der Waals surface area contributed by atoms with Gasteiger partial charge in [0.25, 0.3) is 0 Å². The van der Waals surface area contributed by atoms with E-state index in [9.17, 15) is 24.3 Å². The molecule has 0 aromatic carbocycles. The number of hydrogen-bond donors (Lipinski definition) is 1. The molecule has 2 aromatic heterocycles. The normalized spacial score (nSPS) is 21.2. The Bertz CT molecular complexity index is 1520. The molecule has 2 saturated carbocycles. The summed E-state index contributed by atoms with van der Waals surface area (Å²) in [4.78, 5) is 48.7. The van der Waals surface area contributed by atoms with Crippen molar-refractivity contribution in [1.29, 1.82) is 0 Å². The first-order valence-electron chi connectivity index (χ1n) is 18.9. The second kappa shape index (κ2) is 16.5. The summed E-state index contributed by atoms with van der Waals surface area (Å²) in [5.41, 5.74) is 3.71. The Labute approximate surface area is 295 Å². The van der Waals surface area contributed by atoms with Crippen LogP contribution in [0, 0.1) is 11.8 Å². The molecule has 4 aliphatic carbocycles. The van der Waals surface area contributed by atoms with Gasteiger partial charge in [-0.15, -0.1) is 0 Å². The Morgan fingerprint density at radius 2 is 1.10 bits per heavy atom. The lowest BCUT2D eigenvalue weighted by Gasteiger charge is -2.27. The Morgan fingerprint density at radius 1 is 0.680 bits per heavy atom. The lowest BCUT2D eigenvalue weighted by molar-refractivity contribution is -0.149. The van der Waals surface area contributed by atoms with Crippen molar-refractivity contribution in [2.24, 2.45) is 11.8 Å². The quantitative estimate of drug-likeness (QED) is 0.231. The molecule has 276 valence electrons. The molecule has 2 aromatic rings. The zero-order chi connectivity index (χ0) is 36.0. The highest BCUT2D eigenvalue weighted by molar-refractivity contribution is 5.90. The molecule has 0 amide bonds. The Balaban J connectivity index is 0.000000197. The molecular weight excluding hydrogens is 640 g/mol. The number of carboxylic acids is 1. The molecule has 4 aliphatic rings. The molecule has 2 heterocycles. The van der Waals surface area contributed by atoms with Gasteiger partial charge in [0.05, 0.1) is 37.1 Å². The largest absolute Gasteiger partial charge is 0.476 e. The number of aromatic carboxylic acids is 1. The van der Waals surface area contributed by atoms with Crippen LogP contribution < -0.4 is 0 Å². The van der Waals surface area contributed by atoms with Crippen molar-refractivity contribution >= 4 is 23.9 Å². The number of hydrogen-bond acceptors (Lipinski definition) is 9. The van der Waals surface area contributed by atoms with Gasteiger partial charge in [-0.1, -0.05) is 38.5 Å². The highest BCUT2D eigenvalue weighted by Crippen LogP contribution is 2.37. The molecule has 6 rings (SSSR count). The summed E-state index contributed by atoms with van der Waals surface area (Å²) < 4.78 is 20.0. The maximum atomic E-state index is 12.8. The minimum absolute atomic E-state index is 0.125. The number of aromatic nitrogens is 4. The second-order valence-corrected chi connectivity index (χ2v) is 15.2. The van der Waals surface area contributed by atoms with Gasteiger partial charge >= 0.3 is 23.9 Å². The summed E-state index contributed by atoms with van der Waals surface area (Å²) in [6, 6.07) is 0.660. The lowest BCUT2D eigenvalue weighted by atomic mass is 9.85. The maximum Gasteiger partial charge on any atom is 0.359 e. The fourth-order valence-electron chi connectivity index (χ4n) is 8.13. The van der Waals surface area contributed by atoms with Gasteiger partial charge in [-0.05, 0) is 98.8 Å². The molecule has 1 N–H and O–H groups in total. The van der Waals surface area contributed by atoms with E-state index in [0.717, 1.165) is 61.0 Å². The Kier molecular flexibility index (Phi) is 12.4. The van der Waals surface area contributed by atoms with Crippen LogP contribution in [0.1, 0.15) is 167 Å². The molecule has 0 spiro atoms. The van der Waals surface area contributed by atoms with Gasteiger partial charge in [-0.2, -0.15) is 10.2 Å². The zero-order valence-corrected chi connectivity index (χ0v) is 30.6. The number of carbonyl (C=O) groups is 4. The summed E-state index contributed by atoms with van der Waals surface area (Å²) in [7, 11) is 0. The van der Waals surface area contributed by atoms with E-state index in [1.54, 1.807) is 6.92 Å². The average molecular weight is 697 g/mol. The molecule has 50 heavy (non-hydrogen) atoms. The third-order valence-electron chi connectivity index (χ3n) is 10.5. The van der Waals surface area contributed by atoms with Gasteiger partial charge in [0, 0.05) is 22.5 Å². The van der Waals surface area contributed by atoms with Crippen LogP contribution in [0.5, 0.6) is 0 Å².